The highest BCUT2D eigenvalue weighted by Crippen LogP contribution is 2.20. The van der Waals surface area contributed by atoms with Crippen molar-refractivity contribution in [3.8, 4) is 0 Å². The molecule has 6 nitrogen and oxygen atoms in total. The first kappa shape index (κ1) is 20.0. The van der Waals surface area contributed by atoms with Crippen LogP contribution in [0.1, 0.15) is 34.8 Å². The van der Waals surface area contributed by atoms with Crippen molar-refractivity contribution in [3.05, 3.63) is 95.8 Å². The minimum absolute atomic E-state index is 0.0772. The molecular formula is C26H25N5O. The molecule has 0 fully saturated rings. The summed E-state index contributed by atoms with van der Waals surface area (Å²) in [6.45, 7) is 4.18. The van der Waals surface area contributed by atoms with E-state index >= 15 is 0 Å². The molecule has 1 aromatic heterocycles. The van der Waals surface area contributed by atoms with E-state index in [1.54, 1.807) is 0 Å². The molecule has 5 rings (SSSR count). The molecule has 1 aliphatic heterocycles. The molecule has 1 amide bonds. The van der Waals surface area contributed by atoms with Crippen LogP contribution in [0.2, 0.25) is 0 Å². The molecule has 2 heterocycles. The van der Waals surface area contributed by atoms with Crippen LogP contribution in [0.4, 0.5) is 5.69 Å². The highest BCUT2D eigenvalue weighted by Gasteiger charge is 2.13. The van der Waals surface area contributed by atoms with Gasteiger partial charge in [-0.15, -0.1) is 0 Å². The molecule has 1 N–H and O–H groups in total. The third-order valence-corrected chi connectivity index (χ3v) is 5.76. The normalized spacial score (nSPS) is 13.4. The van der Waals surface area contributed by atoms with Gasteiger partial charge in [-0.25, -0.2) is 4.98 Å². The maximum absolute atomic E-state index is 12.5. The van der Waals surface area contributed by atoms with Gasteiger partial charge in [0.1, 0.15) is 0 Å². The fraction of sp³-hybridized carbons (Fsp3) is 0.192. The summed E-state index contributed by atoms with van der Waals surface area (Å²) in [5.74, 6) is -0.0772. The van der Waals surface area contributed by atoms with Crippen LogP contribution < -0.4 is 10.3 Å². The summed E-state index contributed by atoms with van der Waals surface area (Å²) in [6, 6.07) is 24.1. The number of rotatable bonds is 6. The van der Waals surface area contributed by atoms with Gasteiger partial charge in [0.05, 0.1) is 23.0 Å². The lowest BCUT2D eigenvalue weighted by Gasteiger charge is -2.14. The molecule has 3 aromatic carbocycles. The number of para-hydroxylation sites is 2. The fourth-order valence-corrected chi connectivity index (χ4v) is 3.93. The predicted molar refractivity (Wildman–Crippen MR) is 128 cm³/mol. The molecule has 0 saturated heterocycles. The Balaban J connectivity index is 1.17. The van der Waals surface area contributed by atoms with E-state index in [1.807, 2.05) is 60.7 Å². The molecule has 6 heteroatoms. The quantitative estimate of drug-likeness (QED) is 0.493. The number of imidazole rings is 1. The third-order valence-electron chi connectivity index (χ3n) is 5.76. The van der Waals surface area contributed by atoms with Gasteiger partial charge in [0.2, 0.25) is 0 Å². The van der Waals surface area contributed by atoms with E-state index < -0.39 is 0 Å². The van der Waals surface area contributed by atoms with Gasteiger partial charge in [0.15, 0.2) is 0 Å². The zero-order valence-corrected chi connectivity index (χ0v) is 18.0. The van der Waals surface area contributed by atoms with E-state index in [1.165, 1.54) is 5.56 Å². The van der Waals surface area contributed by atoms with Crippen LogP contribution >= 0.6 is 0 Å². The third kappa shape index (κ3) is 4.25. The number of hydrogen-bond donors (Lipinski definition) is 1. The van der Waals surface area contributed by atoms with E-state index in [-0.39, 0.29) is 5.91 Å². The van der Waals surface area contributed by atoms with Crippen LogP contribution in [-0.2, 0) is 13.1 Å². The van der Waals surface area contributed by atoms with E-state index in [4.69, 9.17) is 0 Å². The molecule has 0 saturated carbocycles. The van der Waals surface area contributed by atoms with Crippen LogP contribution in [0.5, 0.6) is 0 Å². The van der Waals surface area contributed by atoms with Crippen molar-refractivity contribution >= 4 is 28.3 Å². The van der Waals surface area contributed by atoms with Crippen LogP contribution in [-0.4, -0.2) is 27.7 Å². The number of aromatic nitrogens is 2. The van der Waals surface area contributed by atoms with Crippen molar-refractivity contribution in [2.45, 2.75) is 26.4 Å². The summed E-state index contributed by atoms with van der Waals surface area (Å²) >= 11 is 0. The van der Waals surface area contributed by atoms with Crippen molar-refractivity contribution < 1.29 is 4.79 Å². The van der Waals surface area contributed by atoms with Gasteiger partial charge < -0.3 is 9.88 Å². The van der Waals surface area contributed by atoms with E-state index in [2.05, 4.69) is 50.3 Å². The minimum Gasteiger partial charge on any atom is -0.348 e. The lowest BCUT2D eigenvalue weighted by atomic mass is 10.1. The van der Waals surface area contributed by atoms with Gasteiger partial charge in [-0.05, 0) is 54.4 Å². The smallest absolute Gasteiger partial charge is 0.251 e. The topological polar surface area (TPSA) is 62.5 Å². The first-order valence-corrected chi connectivity index (χ1v) is 10.8. The fourth-order valence-electron chi connectivity index (χ4n) is 3.93. The second kappa shape index (κ2) is 8.67. The Bertz CT molecular complexity index is 1270. The van der Waals surface area contributed by atoms with Gasteiger partial charge in [-0.3, -0.25) is 9.80 Å². The number of fused-ring (bicyclic) bond motifs is 1. The Hall–Kier alpha value is -3.93. The van der Waals surface area contributed by atoms with Crippen LogP contribution in [0.15, 0.2) is 84.2 Å². The SMILES string of the molecule is CC1=NN(c2ccc(C(=O)NCc3ccc(Cn4cnc5ccccc54)cc3)cc2)CC1. The second-order valence-electron chi connectivity index (χ2n) is 8.12. The molecule has 0 spiro atoms. The number of anilines is 1. The van der Waals surface area contributed by atoms with Crippen molar-refractivity contribution in [1.29, 1.82) is 0 Å². The monoisotopic (exact) mass is 423 g/mol. The van der Waals surface area contributed by atoms with Crippen molar-refractivity contribution in [3.63, 3.8) is 0 Å². The molecule has 4 aromatic rings. The lowest BCUT2D eigenvalue weighted by Crippen LogP contribution is -2.22. The predicted octanol–water partition coefficient (Wildman–Crippen LogP) is 4.60. The summed E-state index contributed by atoms with van der Waals surface area (Å²) in [6.07, 6.45) is 2.86. The van der Waals surface area contributed by atoms with Gasteiger partial charge in [0, 0.05) is 37.3 Å². The highest BCUT2D eigenvalue weighted by molar-refractivity contribution is 5.94. The van der Waals surface area contributed by atoms with E-state index in [9.17, 15) is 4.79 Å². The lowest BCUT2D eigenvalue weighted by molar-refractivity contribution is 0.0951. The maximum atomic E-state index is 12.5. The Morgan fingerprint density at radius 1 is 0.969 bits per heavy atom. The standard InChI is InChI=1S/C26H25N5O/c1-19-14-15-31(29-19)23-12-10-22(11-13-23)26(32)27-16-20-6-8-21(9-7-20)17-30-18-28-24-4-2-3-5-25(24)30/h2-13,18H,14-17H2,1H3,(H,27,32). The Morgan fingerprint density at radius 2 is 1.72 bits per heavy atom. The Kier molecular flexibility index (Phi) is 5.42. The highest BCUT2D eigenvalue weighted by atomic mass is 16.1. The van der Waals surface area contributed by atoms with E-state index in [0.717, 1.165) is 47.5 Å². The average Bonchev–Trinajstić information content (AvgIpc) is 3.45. The second-order valence-corrected chi connectivity index (χ2v) is 8.12. The van der Waals surface area contributed by atoms with Gasteiger partial charge in [-0.1, -0.05) is 36.4 Å². The number of hydrogen-bond acceptors (Lipinski definition) is 4. The van der Waals surface area contributed by atoms with E-state index in [0.29, 0.717) is 12.1 Å². The number of nitrogens with one attached hydrogen (secondary N) is 1. The van der Waals surface area contributed by atoms with Crippen molar-refractivity contribution in [2.24, 2.45) is 5.10 Å². The van der Waals surface area contributed by atoms with Gasteiger partial charge >= 0.3 is 0 Å². The summed E-state index contributed by atoms with van der Waals surface area (Å²) in [5, 5.41) is 9.48. The number of carbonyl (C=O) groups is 1. The first-order chi connectivity index (χ1) is 15.7. The summed E-state index contributed by atoms with van der Waals surface area (Å²) in [5.41, 5.74) is 7.19. The summed E-state index contributed by atoms with van der Waals surface area (Å²) in [7, 11) is 0. The molecule has 160 valence electrons. The minimum atomic E-state index is -0.0772. The van der Waals surface area contributed by atoms with Gasteiger partial charge in [0.25, 0.3) is 5.91 Å². The summed E-state index contributed by atoms with van der Waals surface area (Å²) in [4.78, 5) is 17.0. The average molecular weight is 424 g/mol. The zero-order chi connectivity index (χ0) is 21.9. The number of carbonyl (C=O) groups excluding carboxylic acids is 1. The number of nitrogens with zero attached hydrogens (tertiary/aromatic N) is 4. The number of amides is 1. The molecule has 1 aliphatic rings. The molecule has 32 heavy (non-hydrogen) atoms. The Labute approximate surface area is 187 Å². The molecule has 0 unspecified atom stereocenters. The number of hydrazone groups is 1. The zero-order valence-electron chi connectivity index (χ0n) is 18.0. The largest absolute Gasteiger partial charge is 0.348 e. The first-order valence-electron chi connectivity index (χ1n) is 10.8. The molecule has 0 atom stereocenters. The van der Waals surface area contributed by atoms with Crippen LogP contribution in [0.3, 0.4) is 0 Å². The Morgan fingerprint density at radius 3 is 2.47 bits per heavy atom. The van der Waals surface area contributed by atoms with Crippen LogP contribution in [0.25, 0.3) is 11.0 Å². The van der Waals surface area contributed by atoms with Crippen molar-refractivity contribution in [1.82, 2.24) is 14.9 Å². The summed E-state index contributed by atoms with van der Waals surface area (Å²) < 4.78 is 2.14. The van der Waals surface area contributed by atoms with Gasteiger partial charge in [-0.2, -0.15) is 5.10 Å². The maximum Gasteiger partial charge on any atom is 0.251 e. The van der Waals surface area contributed by atoms with Crippen molar-refractivity contribution in [2.75, 3.05) is 11.6 Å². The molecule has 0 bridgehead atoms. The molecule has 0 aliphatic carbocycles. The molecular weight excluding hydrogens is 398 g/mol. The molecule has 0 radical (unpaired) electrons. The number of benzene rings is 3. The van der Waals surface area contributed by atoms with Crippen LogP contribution in [0, 0.1) is 0 Å².